The Balaban J connectivity index is 1.70. The van der Waals surface area contributed by atoms with E-state index in [4.69, 9.17) is 0 Å². The maximum Gasteiger partial charge on any atom is 0.243 e. The molecule has 2 amide bonds. The monoisotopic (exact) mass is 515 g/mol. The lowest BCUT2D eigenvalue weighted by molar-refractivity contribution is -0.129. The Morgan fingerprint density at radius 2 is 2.00 bits per heavy atom. The van der Waals surface area contributed by atoms with Gasteiger partial charge in [0.15, 0.2) is 0 Å². The number of carbonyl (C=O) groups is 2. The molecule has 1 aliphatic rings. The van der Waals surface area contributed by atoms with Crippen LogP contribution in [0.3, 0.4) is 0 Å². The first-order chi connectivity index (χ1) is 17.3. The zero-order valence-corrected chi connectivity index (χ0v) is 22.5. The molecule has 0 spiro atoms. The van der Waals surface area contributed by atoms with Crippen molar-refractivity contribution in [2.75, 3.05) is 6.54 Å². The van der Waals surface area contributed by atoms with E-state index in [-0.39, 0.29) is 22.8 Å². The van der Waals surface area contributed by atoms with Crippen LogP contribution in [0.1, 0.15) is 78.6 Å². The van der Waals surface area contributed by atoms with E-state index in [1.165, 1.54) is 18.3 Å². The predicted molar refractivity (Wildman–Crippen MR) is 140 cm³/mol. The van der Waals surface area contributed by atoms with Gasteiger partial charge in [0.05, 0.1) is 17.9 Å². The first-order valence-corrected chi connectivity index (χ1v) is 12.9. The molecule has 3 rings (SSSR count). The van der Waals surface area contributed by atoms with Crippen molar-refractivity contribution in [1.82, 2.24) is 25.5 Å². The van der Waals surface area contributed by atoms with E-state index in [1.54, 1.807) is 6.92 Å². The third kappa shape index (κ3) is 7.87. The zero-order chi connectivity index (χ0) is 27.3. The molecule has 1 saturated heterocycles. The first kappa shape index (κ1) is 28.3. The van der Waals surface area contributed by atoms with Gasteiger partial charge in [-0.2, -0.15) is 0 Å². The largest absolute Gasteiger partial charge is 0.373 e. The Kier molecular flexibility index (Phi) is 9.10. The van der Waals surface area contributed by atoms with Gasteiger partial charge in [-0.25, -0.2) is 13.8 Å². The molecule has 0 bridgehead atoms. The first-order valence-electron chi connectivity index (χ1n) is 12.9. The lowest BCUT2D eigenvalue weighted by atomic mass is 9.90. The van der Waals surface area contributed by atoms with Crippen molar-refractivity contribution in [3.63, 3.8) is 0 Å². The molecule has 2 aromatic rings. The second kappa shape index (κ2) is 11.9. The highest BCUT2D eigenvalue weighted by atomic mass is 19.1. The molecule has 0 radical (unpaired) electrons. The van der Waals surface area contributed by atoms with Gasteiger partial charge < -0.3 is 20.5 Å². The quantitative estimate of drug-likeness (QED) is 0.404. The highest BCUT2D eigenvalue weighted by Gasteiger charge is 2.29. The number of hydrogen-bond acceptors (Lipinski definition) is 4. The molecule has 0 saturated carbocycles. The number of carbonyl (C=O) groups excluding carboxylic acids is 2. The molecular weight excluding hydrogens is 476 g/mol. The standard InChI is InChI=1S/C28H39F2N5O2/c1-17-8-7-13-35(17)18(2)14-23(33-25(36)11-12-28(4,5)6)27(37)32-19(3)26-31-16-24(34-26)21-10-9-20(29)15-22(21)30/h9-10,15-17,19,23H,2,7-8,11-14H2,1,3-6H3,(H,31,34)(H,32,37)(H,33,36)/t17-,19-,23-/m0/s1. The maximum absolute atomic E-state index is 14.2. The fraction of sp³-hybridized carbons (Fsp3) is 0.536. The summed E-state index contributed by atoms with van der Waals surface area (Å²) in [5, 5.41) is 5.81. The van der Waals surface area contributed by atoms with Gasteiger partial charge in [0.25, 0.3) is 0 Å². The number of aromatic amines is 1. The van der Waals surface area contributed by atoms with Crippen LogP contribution in [0.2, 0.25) is 0 Å². The fourth-order valence-corrected chi connectivity index (χ4v) is 4.50. The average molecular weight is 516 g/mol. The summed E-state index contributed by atoms with van der Waals surface area (Å²) >= 11 is 0. The molecule has 202 valence electrons. The van der Waals surface area contributed by atoms with Gasteiger partial charge in [-0.3, -0.25) is 9.59 Å². The normalized spacial score (nSPS) is 17.4. The molecule has 1 aromatic heterocycles. The number of likely N-dealkylation sites (tertiary alicyclic amines) is 1. The van der Waals surface area contributed by atoms with E-state index >= 15 is 0 Å². The van der Waals surface area contributed by atoms with Gasteiger partial charge in [-0.1, -0.05) is 27.4 Å². The molecule has 37 heavy (non-hydrogen) atoms. The number of H-pyrrole nitrogens is 1. The second-order valence-corrected chi connectivity index (χ2v) is 11.2. The molecule has 3 atom stereocenters. The summed E-state index contributed by atoms with van der Waals surface area (Å²) in [5.74, 6) is -1.49. The fourth-order valence-electron chi connectivity index (χ4n) is 4.50. The molecule has 0 unspecified atom stereocenters. The Labute approximate surface area is 218 Å². The molecule has 1 aromatic carbocycles. The topological polar surface area (TPSA) is 90.1 Å². The van der Waals surface area contributed by atoms with Crippen LogP contribution in [-0.2, 0) is 9.59 Å². The summed E-state index contributed by atoms with van der Waals surface area (Å²) in [6, 6.07) is 2.32. The third-order valence-electron chi connectivity index (χ3n) is 6.74. The molecule has 0 aliphatic carbocycles. The van der Waals surface area contributed by atoms with E-state index in [2.05, 4.69) is 59.8 Å². The van der Waals surface area contributed by atoms with Gasteiger partial charge >= 0.3 is 0 Å². The number of rotatable bonds is 10. The minimum absolute atomic E-state index is 0.000812. The number of nitrogens with zero attached hydrogens (tertiary/aromatic N) is 2. The summed E-state index contributed by atoms with van der Waals surface area (Å²) < 4.78 is 27.5. The average Bonchev–Trinajstić information content (AvgIpc) is 3.46. The van der Waals surface area contributed by atoms with Crippen LogP contribution < -0.4 is 10.6 Å². The predicted octanol–water partition coefficient (Wildman–Crippen LogP) is 5.23. The maximum atomic E-state index is 14.2. The van der Waals surface area contributed by atoms with Crippen molar-refractivity contribution < 1.29 is 18.4 Å². The lowest BCUT2D eigenvalue weighted by Gasteiger charge is -2.29. The highest BCUT2D eigenvalue weighted by Crippen LogP contribution is 2.25. The molecule has 7 nitrogen and oxygen atoms in total. The minimum Gasteiger partial charge on any atom is -0.373 e. The van der Waals surface area contributed by atoms with Crippen molar-refractivity contribution in [3.05, 3.63) is 54.1 Å². The summed E-state index contributed by atoms with van der Waals surface area (Å²) in [6.07, 6.45) is 4.90. The van der Waals surface area contributed by atoms with E-state index < -0.39 is 23.7 Å². The summed E-state index contributed by atoms with van der Waals surface area (Å²) in [6.45, 7) is 15.2. The van der Waals surface area contributed by atoms with Gasteiger partial charge in [0.1, 0.15) is 23.5 Å². The molecule has 9 heteroatoms. The number of amides is 2. The zero-order valence-electron chi connectivity index (χ0n) is 22.5. The number of halogens is 2. The number of hydrogen-bond donors (Lipinski definition) is 3. The number of aromatic nitrogens is 2. The molecule has 1 fully saturated rings. The summed E-state index contributed by atoms with van der Waals surface area (Å²) in [5.41, 5.74) is 1.37. The molecule has 2 heterocycles. The second-order valence-electron chi connectivity index (χ2n) is 11.2. The van der Waals surface area contributed by atoms with E-state index in [0.29, 0.717) is 36.8 Å². The van der Waals surface area contributed by atoms with Gasteiger partial charge in [0.2, 0.25) is 11.8 Å². The van der Waals surface area contributed by atoms with Crippen LogP contribution in [0, 0.1) is 17.0 Å². The van der Waals surface area contributed by atoms with E-state index in [0.717, 1.165) is 31.1 Å². The SMILES string of the molecule is C=C(C[C@H](NC(=O)CCC(C)(C)C)C(=O)N[C@@H](C)c1ncc(-c2ccc(F)cc2F)[nH]1)N1CCC[C@@H]1C. The van der Waals surface area contributed by atoms with Gasteiger partial charge in [0, 0.05) is 42.8 Å². The summed E-state index contributed by atoms with van der Waals surface area (Å²) in [7, 11) is 0. The van der Waals surface area contributed by atoms with E-state index in [1.807, 2.05) is 0 Å². The van der Waals surface area contributed by atoms with Crippen LogP contribution in [-0.4, -0.2) is 45.3 Å². The van der Waals surface area contributed by atoms with Crippen LogP contribution in [0.15, 0.2) is 36.7 Å². The van der Waals surface area contributed by atoms with Crippen LogP contribution >= 0.6 is 0 Å². The Morgan fingerprint density at radius 1 is 1.27 bits per heavy atom. The number of imidazole rings is 1. The highest BCUT2D eigenvalue weighted by molar-refractivity contribution is 5.88. The minimum atomic E-state index is -0.792. The lowest BCUT2D eigenvalue weighted by Crippen LogP contribution is -2.48. The Bertz CT molecular complexity index is 1120. The van der Waals surface area contributed by atoms with Crippen molar-refractivity contribution in [3.8, 4) is 11.3 Å². The molecular formula is C28H39F2N5O2. The van der Waals surface area contributed by atoms with Crippen molar-refractivity contribution in [1.29, 1.82) is 0 Å². The molecule has 1 aliphatic heterocycles. The Morgan fingerprint density at radius 3 is 2.62 bits per heavy atom. The van der Waals surface area contributed by atoms with Crippen LogP contribution in [0.25, 0.3) is 11.3 Å². The van der Waals surface area contributed by atoms with Crippen molar-refractivity contribution in [2.24, 2.45) is 5.41 Å². The number of benzene rings is 1. The third-order valence-corrected chi connectivity index (χ3v) is 6.74. The summed E-state index contributed by atoms with van der Waals surface area (Å²) in [4.78, 5) is 35.5. The van der Waals surface area contributed by atoms with Crippen molar-refractivity contribution in [2.45, 2.75) is 84.8 Å². The van der Waals surface area contributed by atoms with Gasteiger partial charge in [-0.15, -0.1) is 0 Å². The molecule has 3 N–H and O–H groups in total. The van der Waals surface area contributed by atoms with Crippen molar-refractivity contribution >= 4 is 11.8 Å². The number of nitrogens with one attached hydrogen (secondary N) is 3. The van der Waals surface area contributed by atoms with Crippen LogP contribution in [0.4, 0.5) is 8.78 Å². The Hall–Kier alpha value is -3.23. The van der Waals surface area contributed by atoms with E-state index in [9.17, 15) is 18.4 Å². The van der Waals surface area contributed by atoms with Crippen LogP contribution in [0.5, 0.6) is 0 Å². The van der Waals surface area contributed by atoms with Gasteiger partial charge in [-0.05, 0) is 50.7 Å². The smallest absolute Gasteiger partial charge is 0.243 e.